The van der Waals surface area contributed by atoms with Crippen LogP contribution in [0.3, 0.4) is 0 Å². The first kappa shape index (κ1) is 82.8. The van der Waals surface area contributed by atoms with E-state index < -0.39 is 12.1 Å². The van der Waals surface area contributed by atoms with E-state index >= 15 is 0 Å². The van der Waals surface area contributed by atoms with Gasteiger partial charge in [-0.2, -0.15) is 0 Å². The van der Waals surface area contributed by atoms with Gasteiger partial charge in [-0.3, -0.25) is 9.59 Å². The quantitative estimate of drug-likeness (QED) is 0.0320. The van der Waals surface area contributed by atoms with Gasteiger partial charge >= 0.3 is 5.97 Å². The number of amides is 1. The van der Waals surface area contributed by atoms with Crippen LogP contribution in [0.15, 0.2) is 48.6 Å². The summed E-state index contributed by atoms with van der Waals surface area (Å²) in [7, 11) is 0. The predicted octanol–water partition coefficient (Wildman–Crippen LogP) is 25.2. The monoisotopic (exact) mass is 1190 g/mol. The molecule has 6 nitrogen and oxygen atoms in total. The predicted molar refractivity (Wildman–Crippen MR) is 375 cm³/mol. The van der Waals surface area contributed by atoms with Crippen LogP contribution in [0, 0.1) is 0 Å². The summed E-state index contributed by atoms with van der Waals surface area (Å²) in [5.41, 5.74) is 0. The molecule has 1 amide bonds. The maximum Gasteiger partial charge on any atom is 0.305 e. The highest BCUT2D eigenvalue weighted by Gasteiger charge is 2.20. The van der Waals surface area contributed by atoms with Gasteiger partial charge in [0.05, 0.1) is 25.4 Å². The molecule has 0 rings (SSSR count). The van der Waals surface area contributed by atoms with E-state index in [2.05, 4.69) is 67.8 Å². The van der Waals surface area contributed by atoms with Gasteiger partial charge in [-0.15, -0.1) is 0 Å². The first-order valence-electron chi connectivity index (χ1n) is 38.4. The van der Waals surface area contributed by atoms with Crippen molar-refractivity contribution in [2.24, 2.45) is 0 Å². The molecular weight excluding hydrogens is 1040 g/mol. The average molecular weight is 1190 g/mol. The highest BCUT2D eigenvalue weighted by atomic mass is 16.5. The number of ether oxygens (including phenoxy) is 1. The summed E-state index contributed by atoms with van der Waals surface area (Å²) in [4.78, 5) is 24.6. The van der Waals surface area contributed by atoms with Gasteiger partial charge in [0.15, 0.2) is 0 Å². The summed E-state index contributed by atoms with van der Waals surface area (Å²) in [6.07, 6.45) is 97.6. The Morgan fingerprint density at radius 3 is 0.906 bits per heavy atom. The Kier molecular flexibility index (Phi) is 72.4. The van der Waals surface area contributed by atoms with E-state index in [0.717, 1.165) is 57.8 Å². The molecule has 0 bridgehead atoms. The Morgan fingerprint density at radius 1 is 0.329 bits per heavy atom. The van der Waals surface area contributed by atoms with E-state index in [9.17, 15) is 19.8 Å². The molecule has 0 radical (unpaired) electrons. The fourth-order valence-electron chi connectivity index (χ4n) is 12.0. The summed E-state index contributed by atoms with van der Waals surface area (Å²) < 4.78 is 5.50. The standard InChI is InChI=1S/C79H149NO5/c1-3-5-7-9-11-13-15-17-19-20-41-45-49-53-57-61-65-69-73-79(84)85-74-70-66-62-58-54-50-46-42-39-37-35-33-31-29-27-25-23-21-22-24-26-28-30-32-34-36-38-40-44-48-52-56-60-64-68-72-78(83)80-76(75-81)77(82)71-67-63-59-55-51-47-43-18-16-14-12-10-8-6-4-2/h13,15,19-20,23,25,29,31,76-77,81-82H,3-12,14,16-18,21-22,24,26-28,30,32-75H2,1-2H3,(H,80,83)/b15-13-,20-19-,25-23-,31-29-. The fraction of sp³-hybridized carbons (Fsp3) is 0.873. The Morgan fingerprint density at radius 2 is 0.588 bits per heavy atom. The van der Waals surface area contributed by atoms with E-state index in [1.165, 1.54) is 327 Å². The zero-order chi connectivity index (χ0) is 61.3. The number of aliphatic hydroxyl groups is 2. The summed E-state index contributed by atoms with van der Waals surface area (Å²) in [6, 6.07) is -0.540. The molecule has 0 aromatic rings. The molecule has 0 saturated carbocycles. The number of aliphatic hydroxyl groups excluding tert-OH is 2. The number of carbonyl (C=O) groups is 2. The van der Waals surface area contributed by atoms with Crippen molar-refractivity contribution in [2.45, 2.75) is 431 Å². The molecule has 0 fully saturated rings. The van der Waals surface area contributed by atoms with Crippen LogP contribution in [0.2, 0.25) is 0 Å². The summed E-state index contributed by atoms with van der Waals surface area (Å²) in [5, 5.41) is 23.4. The van der Waals surface area contributed by atoms with Crippen molar-refractivity contribution >= 4 is 11.9 Å². The molecule has 0 spiro atoms. The van der Waals surface area contributed by atoms with Crippen LogP contribution in [0.25, 0.3) is 0 Å². The van der Waals surface area contributed by atoms with Crippen LogP contribution in [0.1, 0.15) is 418 Å². The third-order valence-electron chi connectivity index (χ3n) is 17.9. The maximum absolute atomic E-state index is 12.5. The minimum atomic E-state index is -0.663. The first-order valence-corrected chi connectivity index (χ1v) is 38.4. The number of carbonyl (C=O) groups excluding carboxylic acids is 2. The second-order valence-electron chi connectivity index (χ2n) is 26.3. The van der Waals surface area contributed by atoms with Crippen molar-refractivity contribution in [1.29, 1.82) is 0 Å². The molecule has 0 aliphatic rings. The fourth-order valence-corrected chi connectivity index (χ4v) is 12.0. The van der Waals surface area contributed by atoms with Gasteiger partial charge in [-0.1, -0.05) is 364 Å². The molecule has 0 aromatic carbocycles. The Balaban J connectivity index is 3.36. The van der Waals surface area contributed by atoms with E-state index in [0.29, 0.717) is 25.9 Å². The molecular formula is C79H149NO5. The topological polar surface area (TPSA) is 95.9 Å². The lowest BCUT2D eigenvalue weighted by Gasteiger charge is -2.22. The highest BCUT2D eigenvalue weighted by molar-refractivity contribution is 5.76. The largest absolute Gasteiger partial charge is 0.466 e. The number of allylic oxidation sites excluding steroid dienone is 8. The zero-order valence-electron chi connectivity index (χ0n) is 57.4. The second kappa shape index (κ2) is 74.3. The maximum atomic E-state index is 12.5. The molecule has 2 atom stereocenters. The summed E-state index contributed by atoms with van der Waals surface area (Å²) >= 11 is 0. The number of unbranched alkanes of at least 4 members (excludes halogenated alkanes) is 53. The average Bonchev–Trinajstić information content (AvgIpc) is 3.52. The van der Waals surface area contributed by atoms with Crippen molar-refractivity contribution in [2.75, 3.05) is 13.2 Å². The highest BCUT2D eigenvalue weighted by Crippen LogP contribution is 2.19. The molecule has 0 saturated heterocycles. The van der Waals surface area contributed by atoms with Crippen molar-refractivity contribution in [3.8, 4) is 0 Å². The third-order valence-corrected chi connectivity index (χ3v) is 17.9. The van der Waals surface area contributed by atoms with E-state index in [-0.39, 0.29) is 18.5 Å². The normalized spacial score (nSPS) is 12.8. The molecule has 6 heteroatoms. The van der Waals surface area contributed by atoms with Gasteiger partial charge < -0.3 is 20.3 Å². The molecule has 3 N–H and O–H groups in total. The molecule has 0 aliphatic carbocycles. The Labute approximate surface area is 531 Å². The summed E-state index contributed by atoms with van der Waals surface area (Å²) in [5.74, 6) is -0.0202. The van der Waals surface area contributed by atoms with Crippen LogP contribution in [0.5, 0.6) is 0 Å². The lowest BCUT2D eigenvalue weighted by molar-refractivity contribution is -0.143. The van der Waals surface area contributed by atoms with Gasteiger partial charge in [0.1, 0.15) is 0 Å². The van der Waals surface area contributed by atoms with Crippen LogP contribution in [-0.2, 0) is 14.3 Å². The lowest BCUT2D eigenvalue weighted by Crippen LogP contribution is -2.45. The molecule has 0 aromatic heterocycles. The van der Waals surface area contributed by atoms with E-state index in [1.807, 2.05) is 0 Å². The van der Waals surface area contributed by atoms with Crippen molar-refractivity contribution in [3.63, 3.8) is 0 Å². The smallest absolute Gasteiger partial charge is 0.305 e. The molecule has 2 unspecified atom stereocenters. The zero-order valence-corrected chi connectivity index (χ0v) is 57.4. The molecule has 500 valence electrons. The van der Waals surface area contributed by atoms with Gasteiger partial charge in [0.2, 0.25) is 5.91 Å². The Hall–Kier alpha value is -2.18. The van der Waals surface area contributed by atoms with Gasteiger partial charge in [0, 0.05) is 12.8 Å². The number of hydrogen-bond donors (Lipinski definition) is 3. The van der Waals surface area contributed by atoms with Crippen molar-refractivity contribution < 1.29 is 24.5 Å². The van der Waals surface area contributed by atoms with Crippen LogP contribution in [0.4, 0.5) is 0 Å². The number of rotatable bonds is 72. The van der Waals surface area contributed by atoms with Crippen LogP contribution < -0.4 is 5.32 Å². The van der Waals surface area contributed by atoms with E-state index in [1.54, 1.807) is 0 Å². The molecule has 0 heterocycles. The number of esters is 1. The minimum absolute atomic E-state index is 0.00976. The molecule has 85 heavy (non-hydrogen) atoms. The van der Waals surface area contributed by atoms with Gasteiger partial charge in [0.25, 0.3) is 0 Å². The van der Waals surface area contributed by atoms with Gasteiger partial charge in [-0.05, 0) is 89.9 Å². The number of hydrogen-bond acceptors (Lipinski definition) is 5. The van der Waals surface area contributed by atoms with Crippen LogP contribution in [-0.4, -0.2) is 47.4 Å². The second-order valence-corrected chi connectivity index (χ2v) is 26.3. The first-order chi connectivity index (χ1) is 42.0. The molecule has 0 aliphatic heterocycles. The van der Waals surface area contributed by atoms with E-state index in [4.69, 9.17) is 4.74 Å². The van der Waals surface area contributed by atoms with Crippen molar-refractivity contribution in [3.05, 3.63) is 48.6 Å². The Bertz CT molecular complexity index is 1420. The summed E-state index contributed by atoms with van der Waals surface area (Å²) in [6.45, 7) is 4.96. The third kappa shape index (κ3) is 70.8. The SMILES string of the molecule is CCCCCC/C=C\C/C=C\CCCCCCCCCC(=O)OCCCCCCCCCCCCC/C=C\C/C=C\CCCCCCCCCCCCCCCCCCCC(=O)NC(CO)C(O)CCCCCCCCCCCCCCCCC. The van der Waals surface area contributed by atoms with Crippen molar-refractivity contribution in [1.82, 2.24) is 5.32 Å². The minimum Gasteiger partial charge on any atom is -0.466 e. The lowest BCUT2D eigenvalue weighted by atomic mass is 10.0. The van der Waals surface area contributed by atoms with Crippen LogP contribution >= 0.6 is 0 Å². The number of nitrogens with one attached hydrogen (secondary N) is 1. The van der Waals surface area contributed by atoms with Gasteiger partial charge in [-0.25, -0.2) is 0 Å².